The number of benzene rings is 2. The first-order valence-corrected chi connectivity index (χ1v) is 8.89. The van der Waals surface area contributed by atoms with Crippen LogP contribution >= 0.6 is 0 Å². The molecule has 3 aromatic rings. The van der Waals surface area contributed by atoms with Gasteiger partial charge in [-0.25, -0.2) is 9.97 Å². The summed E-state index contributed by atoms with van der Waals surface area (Å²) in [6.07, 6.45) is 0. The number of para-hydroxylation sites is 2. The maximum Gasteiger partial charge on any atom is 0.274 e. The molecule has 0 aliphatic carbocycles. The van der Waals surface area contributed by atoms with Crippen molar-refractivity contribution < 1.29 is 14.3 Å². The van der Waals surface area contributed by atoms with Crippen LogP contribution in [-0.2, 0) is 0 Å². The van der Waals surface area contributed by atoms with E-state index < -0.39 is 0 Å². The highest BCUT2D eigenvalue weighted by Gasteiger charge is 2.12. The summed E-state index contributed by atoms with van der Waals surface area (Å²) >= 11 is 0. The van der Waals surface area contributed by atoms with Crippen molar-refractivity contribution in [2.75, 3.05) is 24.4 Å². The van der Waals surface area contributed by atoms with Crippen LogP contribution in [0.3, 0.4) is 0 Å². The quantitative estimate of drug-likeness (QED) is 0.641. The molecule has 0 aliphatic heterocycles. The number of methoxy groups -OCH3 is 1. The van der Waals surface area contributed by atoms with Gasteiger partial charge < -0.3 is 20.1 Å². The molecule has 1 amide bonds. The molecule has 3 rings (SSSR count). The fourth-order valence-corrected chi connectivity index (χ4v) is 2.61. The van der Waals surface area contributed by atoms with Crippen LogP contribution in [-0.4, -0.2) is 29.6 Å². The van der Waals surface area contributed by atoms with Crippen molar-refractivity contribution in [3.8, 4) is 11.5 Å². The molecule has 0 unspecified atom stereocenters. The van der Waals surface area contributed by atoms with Gasteiger partial charge in [-0.2, -0.15) is 0 Å². The van der Waals surface area contributed by atoms with Gasteiger partial charge in [0.2, 0.25) is 0 Å². The summed E-state index contributed by atoms with van der Waals surface area (Å²) in [6.45, 7) is 4.22. The number of aryl methyl sites for hydroxylation is 1. The molecule has 1 aromatic heterocycles. The summed E-state index contributed by atoms with van der Waals surface area (Å²) in [4.78, 5) is 21.2. The highest BCUT2D eigenvalue weighted by molar-refractivity contribution is 6.03. The second kappa shape index (κ2) is 8.85. The van der Waals surface area contributed by atoms with Crippen LogP contribution in [0.2, 0.25) is 0 Å². The molecule has 2 N–H and O–H groups in total. The predicted octanol–water partition coefficient (Wildman–Crippen LogP) is 4.19. The monoisotopic (exact) mass is 378 g/mol. The Labute approximate surface area is 163 Å². The minimum Gasteiger partial charge on any atom is -0.497 e. The van der Waals surface area contributed by atoms with E-state index in [9.17, 15) is 4.79 Å². The summed E-state index contributed by atoms with van der Waals surface area (Å²) in [6, 6.07) is 16.2. The molecule has 7 nitrogen and oxygen atoms in total. The van der Waals surface area contributed by atoms with Crippen LogP contribution in [0.5, 0.6) is 11.5 Å². The molecule has 0 spiro atoms. The van der Waals surface area contributed by atoms with E-state index in [-0.39, 0.29) is 11.6 Å². The normalized spacial score (nSPS) is 10.2. The average molecular weight is 378 g/mol. The number of amides is 1. The zero-order valence-corrected chi connectivity index (χ0v) is 16.0. The van der Waals surface area contributed by atoms with Crippen molar-refractivity contribution in [2.24, 2.45) is 0 Å². The van der Waals surface area contributed by atoms with E-state index in [2.05, 4.69) is 20.6 Å². The van der Waals surface area contributed by atoms with Crippen molar-refractivity contribution in [3.63, 3.8) is 0 Å². The Bertz CT molecular complexity index is 958. The van der Waals surface area contributed by atoms with Crippen LogP contribution in [0, 0.1) is 6.92 Å². The first kappa shape index (κ1) is 19.2. The van der Waals surface area contributed by atoms with Gasteiger partial charge in [0, 0.05) is 11.8 Å². The molecule has 0 saturated heterocycles. The van der Waals surface area contributed by atoms with Crippen molar-refractivity contribution in [1.29, 1.82) is 0 Å². The van der Waals surface area contributed by atoms with E-state index in [1.54, 1.807) is 44.4 Å². The number of nitrogens with zero attached hydrogens (tertiary/aromatic N) is 2. The van der Waals surface area contributed by atoms with Crippen LogP contribution in [0.4, 0.5) is 17.2 Å². The third-order valence-electron chi connectivity index (χ3n) is 3.87. The minimum atomic E-state index is -0.322. The summed E-state index contributed by atoms with van der Waals surface area (Å²) in [5.74, 6) is 2.11. The lowest BCUT2D eigenvalue weighted by Gasteiger charge is -2.13. The Morgan fingerprint density at radius 1 is 1.07 bits per heavy atom. The third kappa shape index (κ3) is 4.76. The molecule has 0 fully saturated rings. The molecule has 0 atom stereocenters. The largest absolute Gasteiger partial charge is 0.497 e. The van der Waals surface area contributed by atoms with E-state index in [0.29, 0.717) is 29.7 Å². The number of hydrogen-bond donors (Lipinski definition) is 2. The Kier molecular flexibility index (Phi) is 6.06. The van der Waals surface area contributed by atoms with Crippen LogP contribution in [0.15, 0.2) is 54.6 Å². The van der Waals surface area contributed by atoms with Gasteiger partial charge in [0.1, 0.15) is 28.8 Å². The molecule has 144 valence electrons. The van der Waals surface area contributed by atoms with E-state index in [0.717, 1.165) is 11.4 Å². The van der Waals surface area contributed by atoms with E-state index in [4.69, 9.17) is 9.47 Å². The molecule has 0 saturated carbocycles. The molecule has 2 aromatic carbocycles. The van der Waals surface area contributed by atoms with Gasteiger partial charge in [0.05, 0.1) is 19.4 Å². The summed E-state index contributed by atoms with van der Waals surface area (Å²) in [5, 5.41) is 6.02. The maximum atomic E-state index is 12.6. The zero-order valence-electron chi connectivity index (χ0n) is 16.0. The molecule has 1 heterocycles. The topological polar surface area (TPSA) is 85.4 Å². The lowest BCUT2D eigenvalue weighted by molar-refractivity contribution is 0.102. The molecule has 0 bridgehead atoms. The summed E-state index contributed by atoms with van der Waals surface area (Å²) < 4.78 is 10.7. The van der Waals surface area contributed by atoms with Crippen LogP contribution in [0.25, 0.3) is 0 Å². The smallest absolute Gasteiger partial charge is 0.274 e. The van der Waals surface area contributed by atoms with Crippen molar-refractivity contribution in [3.05, 3.63) is 66.1 Å². The highest BCUT2D eigenvalue weighted by atomic mass is 16.5. The van der Waals surface area contributed by atoms with Gasteiger partial charge in [-0.15, -0.1) is 0 Å². The van der Waals surface area contributed by atoms with E-state index in [1.165, 1.54) is 0 Å². The number of nitrogens with one attached hydrogen (secondary N) is 2. The van der Waals surface area contributed by atoms with Gasteiger partial charge in [0.25, 0.3) is 5.91 Å². The molecule has 7 heteroatoms. The maximum absolute atomic E-state index is 12.6. The number of carbonyl (C=O) groups is 1. The number of hydrogen-bond acceptors (Lipinski definition) is 6. The van der Waals surface area contributed by atoms with Crippen molar-refractivity contribution in [1.82, 2.24) is 9.97 Å². The Morgan fingerprint density at radius 2 is 1.82 bits per heavy atom. The highest BCUT2D eigenvalue weighted by Crippen LogP contribution is 2.27. The van der Waals surface area contributed by atoms with Gasteiger partial charge in [-0.1, -0.05) is 12.1 Å². The third-order valence-corrected chi connectivity index (χ3v) is 3.87. The molecule has 0 radical (unpaired) electrons. The first-order chi connectivity index (χ1) is 13.6. The average Bonchev–Trinajstić information content (AvgIpc) is 2.70. The molecular formula is C21H22N4O3. The number of ether oxygens (including phenoxy) is 2. The van der Waals surface area contributed by atoms with E-state index in [1.807, 2.05) is 31.2 Å². The second-order valence-corrected chi connectivity index (χ2v) is 5.92. The summed E-state index contributed by atoms with van der Waals surface area (Å²) in [5.41, 5.74) is 1.68. The van der Waals surface area contributed by atoms with Gasteiger partial charge in [-0.3, -0.25) is 4.79 Å². The Hall–Kier alpha value is -3.61. The second-order valence-electron chi connectivity index (χ2n) is 5.92. The zero-order chi connectivity index (χ0) is 19.9. The Morgan fingerprint density at radius 3 is 2.54 bits per heavy atom. The fourth-order valence-electron chi connectivity index (χ4n) is 2.61. The molecular weight excluding hydrogens is 356 g/mol. The number of rotatable bonds is 7. The van der Waals surface area contributed by atoms with E-state index >= 15 is 0 Å². The molecule has 0 aliphatic rings. The standard InChI is InChI=1S/C21H22N4O3/c1-4-28-19-8-6-5-7-17(19)25-20-13-18(22-14(2)23-20)21(26)24-15-9-11-16(27-3)12-10-15/h5-13H,4H2,1-3H3,(H,24,26)(H,22,23,25). The van der Waals surface area contributed by atoms with Gasteiger partial charge in [0.15, 0.2) is 0 Å². The van der Waals surface area contributed by atoms with Crippen LogP contribution in [0.1, 0.15) is 23.2 Å². The fraction of sp³-hybridized carbons (Fsp3) is 0.190. The lowest BCUT2D eigenvalue weighted by atomic mass is 10.2. The first-order valence-electron chi connectivity index (χ1n) is 8.89. The van der Waals surface area contributed by atoms with Crippen molar-refractivity contribution >= 4 is 23.1 Å². The number of anilines is 3. The van der Waals surface area contributed by atoms with Crippen molar-refractivity contribution in [2.45, 2.75) is 13.8 Å². The van der Waals surface area contributed by atoms with Gasteiger partial charge in [-0.05, 0) is 50.2 Å². The minimum absolute atomic E-state index is 0.264. The van der Waals surface area contributed by atoms with Gasteiger partial charge >= 0.3 is 0 Å². The van der Waals surface area contributed by atoms with Crippen LogP contribution < -0.4 is 20.1 Å². The molecule has 28 heavy (non-hydrogen) atoms. The predicted molar refractivity (Wildman–Crippen MR) is 109 cm³/mol. The number of aromatic nitrogens is 2. The Balaban J connectivity index is 1.80. The summed E-state index contributed by atoms with van der Waals surface area (Å²) in [7, 11) is 1.59. The number of carbonyl (C=O) groups excluding carboxylic acids is 1. The lowest BCUT2D eigenvalue weighted by Crippen LogP contribution is -2.15. The SMILES string of the molecule is CCOc1ccccc1Nc1cc(C(=O)Nc2ccc(OC)cc2)nc(C)n1.